The predicted molar refractivity (Wildman–Crippen MR) is 87.1 cm³/mol. The fraction of sp³-hybridized carbons (Fsp3) is 0.500. The normalized spacial score (nSPS) is 18.4. The number of carbonyl (C=O) groups is 3. The van der Waals surface area contributed by atoms with E-state index >= 15 is 0 Å². The molecule has 1 aromatic rings. The van der Waals surface area contributed by atoms with Crippen molar-refractivity contribution < 1.29 is 19.1 Å². The topological polar surface area (TPSA) is 75.7 Å². The summed E-state index contributed by atoms with van der Waals surface area (Å²) in [4.78, 5) is 37.4. The smallest absolute Gasteiger partial charge is 0.338 e. The Morgan fingerprint density at radius 3 is 2.58 bits per heavy atom. The van der Waals surface area contributed by atoms with Crippen LogP contribution in [0.25, 0.3) is 0 Å². The zero-order chi connectivity index (χ0) is 17.1. The van der Waals surface area contributed by atoms with E-state index in [2.05, 4.69) is 5.32 Å². The van der Waals surface area contributed by atoms with Gasteiger partial charge in [-0.3, -0.25) is 9.59 Å². The third-order valence-corrected chi connectivity index (χ3v) is 4.31. The Morgan fingerprint density at radius 1 is 1.29 bits per heavy atom. The van der Waals surface area contributed by atoms with Crippen LogP contribution in [0.1, 0.15) is 48.5 Å². The van der Waals surface area contributed by atoms with Crippen LogP contribution in [0.5, 0.6) is 0 Å². The molecule has 6 heteroatoms. The van der Waals surface area contributed by atoms with Gasteiger partial charge >= 0.3 is 5.97 Å². The van der Waals surface area contributed by atoms with Crippen molar-refractivity contribution in [3.63, 3.8) is 0 Å². The second-order valence-corrected chi connectivity index (χ2v) is 6.45. The van der Waals surface area contributed by atoms with Crippen LogP contribution in [-0.4, -0.2) is 41.4 Å². The van der Waals surface area contributed by atoms with Gasteiger partial charge in [0, 0.05) is 25.6 Å². The van der Waals surface area contributed by atoms with E-state index in [1.54, 1.807) is 19.1 Å². The van der Waals surface area contributed by atoms with Gasteiger partial charge < -0.3 is 15.0 Å². The molecule has 1 atom stereocenters. The van der Waals surface area contributed by atoms with Crippen molar-refractivity contribution in [2.45, 2.75) is 51.3 Å². The maximum Gasteiger partial charge on any atom is 0.338 e. The first-order chi connectivity index (χ1) is 11.5. The Morgan fingerprint density at radius 2 is 2.00 bits per heavy atom. The lowest BCUT2D eigenvalue weighted by atomic mass is 10.1. The number of carbonyl (C=O) groups excluding carboxylic acids is 3. The summed E-state index contributed by atoms with van der Waals surface area (Å²) in [5.74, 6) is -0.596. The minimum absolute atomic E-state index is 0.175. The molecule has 0 aromatic heterocycles. The number of rotatable bonds is 6. The first-order valence-electron chi connectivity index (χ1n) is 8.41. The van der Waals surface area contributed by atoms with Gasteiger partial charge in [-0.2, -0.15) is 0 Å². The van der Waals surface area contributed by atoms with Gasteiger partial charge in [0.15, 0.2) is 6.10 Å². The zero-order valence-electron chi connectivity index (χ0n) is 13.8. The van der Waals surface area contributed by atoms with Crippen molar-refractivity contribution in [2.75, 3.05) is 6.54 Å². The molecule has 128 valence electrons. The SMILES string of the molecule is CC(OC(=O)c1ccc(CN2CCCC2=O)cc1)C(=O)NC1CC1. The van der Waals surface area contributed by atoms with Crippen molar-refractivity contribution in [2.24, 2.45) is 0 Å². The van der Waals surface area contributed by atoms with Gasteiger partial charge in [0.05, 0.1) is 5.56 Å². The molecule has 1 aliphatic carbocycles. The number of benzene rings is 1. The molecular weight excluding hydrogens is 308 g/mol. The maximum absolute atomic E-state index is 12.1. The van der Waals surface area contributed by atoms with Gasteiger partial charge in [-0.1, -0.05) is 12.1 Å². The number of ether oxygens (including phenoxy) is 1. The summed E-state index contributed by atoms with van der Waals surface area (Å²) in [6.45, 7) is 2.92. The average Bonchev–Trinajstić information content (AvgIpc) is 3.29. The first kappa shape index (κ1) is 16.5. The first-order valence-corrected chi connectivity index (χ1v) is 8.41. The molecule has 2 amide bonds. The third kappa shape index (κ3) is 4.13. The van der Waals surface area contributed by atoms with Crippen LogP contribution in [0.15, 0.2) is 24.3 Å². The summed E-state index contributed by atoms with van der Waals surface area (Å²) < 4.78 is 5.20. The fourth-order valence-electron chi connectivity index (χ4n) is 2.67. The Bertz CT molecular complexity index is 637. The Hall–Kier alpha value is -2.37. The average molecular weight is 330 g/mol. The third-order valence-electron chi connectivity index (χ3n) is 4.31. The van der Waals surface area contributed by atoms with E-state index in [1.165, 1.54) is 0 Å². The maximum atomic E-state index is 12.1. The number of hydrogen-bond acceptors (Lipinski definition) is 4. The van der Waals surface area contributed by atoms with Crippen LogP contribution < -0.4 is 5.32 Å². The van der Waals surface area contributed by atoms with Gasteiger partial charge in [-0.05, 0) is 43.9 Å². The highest BCUT2D eigenvalue weighted by molar-refractivity contribution is 5.92. The molecule has 3 rings (SSSR count). The standard InChI is InChI=1S/C18H22N2O4/c1-12(17(22)19-15-8-9-15)24-18(23)14-6-4-13(5-7-14)11-20-10-2-3-16(20)21/h4-7,12,15H,2-3,8-11H2,1H3,(H,19,22). The van der Waals surface area contributed by atoms with Gasteiger partial charge in [0.2, 0.25) is 5.91 Å². The van der Waals surface area contributed by atoms with Gasteiger partial charge in [0.25, 0.3) is 5.91 Å². The lowest BCUT2D eigenvalue weighted by Gasteiger charge is -2.16. The summed E-state index contributed by atoms with van der Waals surface area (Å²) in [5, 5.41) is 2.81. The molecule has 1 aromatic carbocycles. The molecule has 2 aliphatic rings. The van der Waals surface area contributed by atoms with Crippen LogP contribution >= 0.6 is 0 Å². The second-order valence-electron chi connectivity index (χ2n) is 6.45. The van der Waals surface area contributed by atoms with Crippen LogP contribution in [0.4, 0.5) is 0 Å². The molecule has 0 spiro atoms. The van der Waals surface area contributed by atoms with Crippen molar-refractivity contribution in [3.05, 3.63) is 35.4 Å². The molecule has 2 fully saturated rings. The fourth-order valence-corrected chi connectivity index (χ4v) is 2.67. The summed E-state index contributed by atoms with van der Waals surface area (Å²) in [6, 6.07) is 7.22. The number of esters is 1. The Kier molecular flexibility index (Phi) is 4.83. The lowest BCUT2D eigenvalue weighted by molar-refractivity contribution is -0.129. The van der Waals surface area contributed by atoms with Crippen LogP contribution in [0, 0.1) is 0 Å². The van der Waals surface area contributed by atoms with E-state index in [-0.39, 0.29) is 17.9 Å². The molecular formula is C18H22N2O4. The van der Waals surface area contributed by atoms with E-state index in [1.807, 2.05) is 17.0 Å². The molecule has 1 unspecified atom stereocenters. The largest absolute Gasteiger partial charge is 0.449 e. The zero-order valence-corrected chi connectivity index (χ0v) is 13.8. The highest BCUT2D eigenvalue weighted by Crippen LogP contribution is 2.19. The van der Waals surface area contributed by atoms with E-state index in [0.717, 1.165) is 31.4 Å². The highest BCUT2D eigenvalue weighted by atomic mass is 16.5. The molecule has 1 N–H and O–H groups in total. The van der Waals surface area contributed by atoms with Crippen molar-refractivity contribution in [1.29, 1.82) is 0 Å². The molecule has 24 heavy (non-hydrogen) atoms. The van der Waals surface area contributed by atoms with E-state index < -0.39 is 12.1 Å². The molecule has 0 bridgehead atoms. The van der Waals surface area contributed by atoms with Gasteiger partial charge in [0.1, 0.15) is 0 Å². The van der Waals surface area contributed by atoms with E-state index in [9.17, 15) is 14.4 Å². The van der Waals surface area contributed by atoms with Gasteiger partial charge in [-0.25, -0.2) is 4.79 Å². The number of likely N-dealkylation sites (tertiary alicyclic amines) is 1. The van der Waals surface area contributed by atoms with E-state index in [4.69, 9.17) is 4.74 Å². The monoisotopic (exact) mass is 330 g/mol. The second kappa shape index (κ2) is 7.03. The number of nitrogens with zero attached hydrogens (tertiary/aromatic N) is 1. The molecule has 1 saturated carbocycles. The van der Waals surface area contributed by atoms with Gasteiger partial charge in [-0.15, -0.1) is 0 Å². The molecule has 1 aliphatic heterocycles. The van der Waals surface area contributed by atoms with Crippen molar-refractivity contribution in [3.8, 4) is 0 Å². The van der Waals surface area contributed by atoms with Crippen LogP contribution in [0.2, 0.25) is 0 Å². The quantitative estimate of drug-likeness (QED) is 0.805. The predicted octanol–water partition coefficient (Wildman–Crippen LogP) is 1.63. The van der Waals surface area contributed by atoms with Crippen LogP contribution in [-0.2, 0) is 20.9 Å². The summed E-state index contributed by atoms with van der Waals surface area (Å²) >= 11 is 0. The number of nitrogens with one attached hydrogen (secondary N) is 1. The number of amides is 2. The summed E-state index contributed by atoms with van der Waals surface area (Å²) in [5.41, 5.74) is 1.37. The summed E-state index contributed by atoms with van der Waals surface area (Å²) in [6.07, 6.45) is 2.70. The molecule has 1 saturated heterocycles. The Balaban J connectivity index is 1.53. The van der Waals surface area contributed by atoms with Crippen molar-refractivity contribution in [1.82, 2.24) is 10.2 Å². The molecule has 1 heterocycles. The minimum Gasteiger partial charge on any atom is -0.449 e. The summed E-state index contributed by atoms with van der Waals surface area (Å²) in [7, 11) is 0. The minimum atomic E-state index is -0.806. The van der Waals surface area contributed by atoms with E-state index in [0.29, 0.717) is 18.5 Å². The highest BCUT2D eigenvalue weighted by Gasteiger charge is 2.27. The van der Waals surface area contributed by atoms with Crippen molar-refractivity contribution >= 4 is 17.8 Å². The number of hydrogen-bond donors (Lipinski definition) is 1. The molecule has 0 radical (unpaired) electrons. The lowest BCUT2D eigenvalue weighted by Crippen LogP contribution is -2.37. The Labute approximate surface area is 141 Å². The molecule has 6 nitrogen and oxygen atoms in total. The van der Waals surface area contributed by atoms with Crippen LogP contribution in [0.3, 0.4) is 0 Å².